The summed E-state index contributed by atoms with van der Waals surface area (Å²) in [6.45, 7) is 4.56. The number of nitrogens with zero attached hydrogens (tertiary/aromatic N) is 3. The Labute approximate surface area is 125 Å². The minimum Gasteiger partial charge on any atom is -0.493 e. The lowest BCUT2D eigenvalue weighted by Gasteiger charge is -2.19. The number of nitrogens with one attached hydrogen (secondary N) is 1. The van der Waals surface area contributed by atoms with Crippen molar-refractivity contribution < 1.29 is 9.47 Å². The van der Waals surface area contributed by atoms with E-state index in [-0.39, 0.29) is 6.04 Å². The molecule has 6 heteroatoms. The van der Waals surface area contributed by atoms with E-state index < -0.39 is 0 Å². The molecule has 0 bridgehead atoms. The first-order chi connectivity index (χ1) is 10.1. The molecule has 1 aromatic carbocycles. The number of methoxy groups -OCH3 is 2. The van der Waals surface area contributed by atoms with Crippen LogP contribution in [-0.2, 0) is 6.54 Å². The number of ether oxygens (including phenoxy) is 2. The average molecular weight is 290 g/mol. The van der Waals surface area contributed by atoms with E-state index in [2.05, 4.69) is 15.4 Å². The molecule has 1 unspecified atom stereocenters. The summed E-state index contributed by atoms with van der Waals surface area (Å²) in [5.41, 5.74) is 1.11. The average Bonchev–Trinajstić information content (AvgIpc) is 2.81. The van der Waals surface area contributed by atoms with Crippen molar-refractivity contribution in [2.75, 3.05) is 21.3 Å². The number of benzene rings is 1. The van der Waals surface area contributed by atoms with Crippen molar-refractivity contribution in [3.63, 3.8) is 0 Å². The van der Waals surface area contributed by atoms with Crippen LogP contribution in [-0.4, -0.2) is 36.0 Å². The van der Waals surface area contributed by atoms with Gasteiger partial charge in [0.1, 0.15) is 11.6 Å². The van der Waals surface area contributed by atoms with Crippen LogP contribution in [0.5, 0.6) is 11.5 Å². The summed E-state index contributed by atoms with van der Waals surface area (Å²) in [5.74, 6) is 3.15. The van der Waals surface area contributed by atoms with Crippen LogP contribution in [0.15, 0.2) is 18.2 Å². The largest absolute Gasteiger partial charge is 0.493 e. The molecule has 0 aliphatic carbocycles. The summed E-state index contributed by atoms with van der Waals surface area (Å²) >= 11 is 0. The van der Waals surface area contributed by atoms with Crippen LogP contribution >= 0.6 is 0 Å². The van der Waals surface area contributed by atoms with Gasteiger partial charge in [0.25, 0.3) is 0 Å². The summed E-state index contributed by atoms with van der Waals surface area (Å²) in [6.07, 6.45) is 0. The molecule has 0 fully saturated rings. The molecule has 0 aliphatic heterocycles. The van der Waals surface area contributed by atoms with E-state index >= 15 is 0 Å². The lowest BCUT2D eigenvalue weighted by atomic mass is 10.1. The fraction of sp³-hybridized carbons (Fsp3) is 0.467. The summed E-state index contributed by atoms with van der Waals surface area (Å²) in [5, 5.41) is 7.72. The zero-order valence-electron chi connectivity index (χ0n) is 13.2. The molecular formula is C15H22N4O2. The molecule has 6 nitrogen and oxygen atoms in total. The van der Waals surface area contributed by atoms with Gasteiger partial charge in [-0.15, -0.1) is 0 Å². The van der Waals surface area contributed by atoms with Crippen LogP contribution in [0.4, 0.5) is 0 Å². The molecule has 1 aromatic heterocycles. The number of rotatable bonds is 6. The number of hydrogen-bond acceptors (Lipinski definition) is 5. The molecule has 0 amide bonds. The smallest absolute Gasteiger partial charge is 0.161 e. The Balaban J connectivity index is 2.27. The predicted molar refractivity (Wildman–Crippen MR) is 80.8 cm³/mol. The van der Waals surface area contributed by atoms with Gasteiger partial charge >= 0.3 is 0 Å². The van der Waals surface area contributed by atoms with Crippen molar-refractivity contribution in [1.82, 2.24) is 20.1 Å². The molecule has 114 valence electrons. The standard InChI is InChI=1S/C15H22N4O2/c1-10-17-11(2)19(18-10)9-13(16-3)12-6-7-14(20-4)15(8-12)21-5/h6-8,13,16H,9H2,1-5H3. The number of aromatic nitrogens is 3. The Morgan fingerprint density at radius 3 is 2.43 bits per heavy atom. The highest BCUT2D eigenvalue weighted by molar-refractivity contribution is 5.43. The lowest BCUT2D eigenvalue weighted by Crippen LogP contribution is -2.23. The highest BCUT2D eigenvalue weighted by atomic mass is 16.5. The van der Waals surface area contributed by atoms with E-state index in [1.807, 2.05) is 43.8 Å². The van der Waals surface area contributed by atoms with Gasteiger partial charge in [0, 0.05) is 0 Å². The fourth-order valence-electron chi connectivity index (χ4n) is 2.34. The van der Waals surface area contributed by atoms with Crippen molar-refractivity contribution >= 4 is 0 Å². The quantitative estimate of drug-likeness (QED) is 0.880. The van der Waals surface area contributed by atoms with Crippen molar-refractivity contribution in [3.05, 3.63) is 35.4 Å². The second-order valence-electron chi connectivity index (χ2n) is 4.84. The summed E-state index contributed by atoms with van der Waals surface area (Å²) in [6, 6.07) is 6.04. The molecule has 2 rings (SSSR count). The first-order valence-electron chi connectivity index (χ1n) is 6.86. The van der Waals surface area contributed by atoms with Gasteiger partial charge in [0.05, 0.1) is 26.8 Å². The summed E-state index contributed by atoms with van der Waals surface area (Å²) in [4.78, 5) is 4.33. The van der Waals surface area contributed by atoms with Crippen LogP contribution in [0.25, 0.3) is 0 Å². The third kappa shape index (κ3) is 3.33. The topological polar surface area (TPSA) is 61.2 Å². The summed E-state index contributed by atoms with van der Waals surface area (Å²) in [7, 11) is 5.20. The van der Waals surface area contributed by atoms with Gasteiger partial charge in [-0.3, -0.25) is 0 Å². The Morgan fingerprint density at radius 2 is 1.90 bits per heavy atom. The lowest BCUT2D eigenvalue weighted by molar-refractivity contribution is 0.353. The van der Waals surface area contributed by atoms with Gasteiger partial charge in [-0.2, -0.15) is 5.10 Å². The molecule has 1 N–H and O–H groups in total. The Bertz CT molecular complexity index is 610. The highest BCUT2D eigenvalue weighted by Gasteiger charge is 2.15. The monoisotopic (exact) mass is 290 g/mol. The van der Waals surface area contributed by atoms with Crippen LogP contribution in [0.1, 0.15) is 23.3 Å². The zero-order valence-corrected chi connectivity index (χ0v) is 13.2. The van der Waals surface area contributed by atoms with E-state index in [1.165, 1.54) is 0 Å². The Morgan fingerprint density at radius 1 is 1.19 bits per heavy atom. The van der Waals surface area contributed by atoms with E-state index in [4.69, 9.17) is 9.47 Å². The molecule has 1 atom stereocenters. The van der Waals surface area contributed by atoms with Gasteiger partial charge < -0.3 is 14.8 Å². The molecule has 0 saturated carbocycles. The van der Waals surface area contributed by atoms with Crippen LogP contribution < -0.4 is 14.8 Å². The minimum atomic E-state index is 0.115. The molecule has 1 heterocycles. The Hall–Kier alpha value is -2.08. The molecule has 21 heavy (non-hydrogen) atoms. The van der Waals surface area contributed by atoms with Gasteiger partial charge in [-0.25, -0.2) is 9.67 Å². The molecule has 0 spiro atoms. The molecule has 0 saturated heterocycles. The summed E-state index contributed by atoms with van der Waals surface area (Å²) < 4.78 is 12.5. The Kier molecular flexibility index (Phi) is 4.80. The normalized spacial score (nSPS) is 12.2. The molecule has 0 aliphatic rings. The second kappa shape index (κ2) is 6.58. The number of likely N-dealkylation sites (N-methyl/N-ethyl adjacent to an activating group) is 1. The fourth-order valence-corrected chi connectivity index (χ4v) is 2.34. The van der Waals surface area contributed by atoms with Gasteiger partial charge in [0.2, 0.25) is 0 Å². The SMILES string of the molecule is CNC(Cn1nc(C)nc1C)c1ccc(OC)c(OC)c1. The van der Waals surface area contributed by atoms with E-state index in [0.29, 0.717) is 6.54 Å². The van der Waals surface area contributed by atoms with E-state index in [0.717, 1.165) is 28.7 Å². The minimum absolute atomic E-state index is 0.115. The third-order valence-electron chi connectivity index (χ3n) is 3.48. The second-order valence-corrected chi connectivity index (χ2v) is 4.84. The van der Waals surface area contributed by atoms with Crippen LogP contribution in [0.3, 0.4) is 0 Å². The van der Waals surface area contributed by atoms with Gasteiger partial charge in [-0.05, 0) is 38.6 Å². The van der Waals surface area contributed by atoms with E-state index in [9.17, 15) is 0 Å². The maximum absolute atomic E-state index is 5.36. The maximum Gasteiger partial charge on any atom is 0.161 e. The van der Waals surface area contributed by atoms with Crippen molar-refractivity contribution in [1.29, 1.82) is 0 Å². The van der Waals surface area contributed by atoms with E-state index in [1.54, 1.807) is 14.2 Å². The molecule has 0 radical (unpaired) electrons. The number of hydrogen-bond donors (Lipinski definition) is 1. The third-order valence-corrected chi connectivity index (χ3v) is 3.48. The van der Waals surface area contributed by atoms with Gasteiger partial charge in [-0.1, -0.05) is 6.07 Å². The van der Waals surface area contributed by atoms with Crippen molar-refractivity contribution in [2.45, 2.75) is 26.4 Å². The van der Waals surface area contributed by atoms with Crippen LogP contribution in [0, 0.1) is 13.8 Å². The maximum atomic E-state index is 5.36. The molecular weight excluding hydrogens is 268 g/mol. The predicted octanol–water partition coefficient (Wildman–Crippen LogP) is 1.87. The zero-order chi connectivity index (χ0) is 15.4. The molecule has 2 aromatic rings. The van der Waals surface area contributed by atoms with Gasteiger partial charge in [0.15, 0.2) is 11.5 Å². The van der Waals surface area contributed by atoms with Crippen LogP contribution in [0.2, 0.25) is 0 Å². The highest BCUT2D eigenvalue weighted by Crippen LogP contribution is 2.30. The number of aryl methyl sites for hydroxylation is 2. The first kappa shape index (κ1) is 15.3. The van der Waals surface area contributed by atoms with Crippen molar-refractivity contribution in [3.8, 4) is 11.5 Å². The van der Waals surface area contributed by atoms with Crippen molar-refractivity contribution in [2.24, 2.45) is 0 Å². The first-order valence-corrected chi connectivity index (χ1v) is 6.86.